The molecule has 0 saturated heterocycles. The van der Waals surface area contributed by atoms with E-state index in [0.29, 0.717) is 12.8 Å². The molecule has 1 N–H and O–H groups in total. The number of hydrogen-bond donors (Lipinski definition) is 1. The van der Waals surface area contributed by atoms with Gasteiger partial charge < -0.3 is 5.11 Å². The van der Waals surface area contributed by atoms with Crippen LogP contribution in [0.4, 0.5) is 0 Å². The second-order valence-electron chi connectivity index (χ2n) is 2.66. The van der Waals surface area contributed by atoms with Gasteiger partial charge in [0.1, 0.15) is 0 Å². The monoisotopic (exact) mass is 140 g/mol. The van der Waals surface area contributed by atoms with E-state index < -0.39 is 0 Å². The summed E-state index contributed by atoms with van der Waals surface area (Å²) in [5.41, 5.74) is 0. The van der Waals surface area contributed by atoms with Crippen LogP contribution in [-0.4, -0.2) is 10.9 Å². The van der Waals surface area contributed by atoms with Gasteiger partial charge in [0.25, 0.3) is 0 Å². The first-order chi connectivity index (χ1) is 4.79. The molecular formula is C8H12O2. The third-order valence-electron chi connectivity index (χ3n) is 1.68. The summed E-state index contributed by atoms with van der Waals surface area (Å²) in [5, 5.41) is 9.02. The normalized spacial score (nSPS) is 26.4. The molecule has 0 aromatic heterocycles. The number of aliphatic hydroxyl groups is 1. The highest BCUT2D eigenvalue weighted by atomic mass is 16.3. The Bertz CT molecular complexity index is 159. The summed E-state index contributed by atoms with van der Waals surface area (Å²) in [5.74, 6) is 0.321. The van der Waals surface area contributed by atoms with Crippen LogP contribution in [0.25, 0.3) is 0 Å². The van der Waals surface area contributed by atoms with Crippen molar-refractivity contribution in [3.8, 4) is 0 Å². The van der Waals surface area contributed by atoms with Crippen LogP contribution >= 0.6 is 0 Å². The zero-order valence-electron chi connectivity index (χ0n) is 5.97. The molecule has 0 fully saturated rings. The van der Waals surface area contributed by atoms with Crippen LogP contribution in [0.3, 0.4) is 0 Å². The van der Waals surface area contributed by atoms with E-state index in [1.807, 2.05) is 0 Å². The summed E-state index contributed by atoms with van der Waals surface area (Å²) >= 11 is 0. The molecule has 10 heavy (non-hydrogen) atoms. The fourth-order valence-corrected chi connectivity index (χ4v) is 1.11. The molecule has 1 aliphatic carbocycles. The van der Waals surface area contributed by atoms with E-state index in [9.17, 15) is 4.79 Å². The summed E-state index contributed by atoms with van der Waals surface area (Å²) in [6.07, 6.45) is 5.68. The molecule has 0 amide bonds. The van der Waals surface area contributed by atoms with Crippen LogP contribution in [0.2, 0.25) is 0 Å². The number of hydrogen-bond acceptors (Lipinski definition) is 2. The van der Waals surface area contributed by atoms with Crippen molar-refractivity contribution < 1.29 is 9.90 Å². The lowest BCUT2D eigenvalue weighted by molar-refractivity contribution is -0.114. The highest BCUT2D eigenvalue weighted by Gasteiger charge is 2.04. The van der Waals surface area contributed by atoms with Gasteiger partial charge in [0.15, 0.2) is 5.78 Å². The van der Waals surface area contributed by atoms with Crippen LogP contribution in [0.15, 0.2) is 11.8 Å². The van der Waals surface area contributed by atoms with Crippen LogP contribution in [0.1, 0.15) is 32.1 Å². The SMILES string of the molecule is O=C1/C=C(\O)CCCCC1. The predicted molar refractivity (Wildman–Crippen MR) is 38.8 cm³/mol. The average Bonchev–Trinajstić information content (AvgIpc) is 1.83. The first-order valence-corrected chi connectivity index (χ1v) is 3.71. The molecule has 0 aromatic rings. The number of aliphatic hydroxyl groups excluding tert-OH is 1. The maximum Gasteiger partial charge on any atom is 0.159 e. The Labute approximate surface area is 60.6 Å². The molecule has 0 spiro atoms. The Hall–Kier alpha value is -0.790. The first-order valence-electron chi connectivity index (χ1n) is 3.71. The zero-order valence-corrected chi connectivity index (χ0v) is 5.97. The van der Waals surface area contributed by atoms with Gasteiger partial charge in [-0.25, -0.2) is 0 Å². The lowest BCUT2D eigenvalue weighted by atomic mass is 10.0. The average molecular weight is 140 g/mol. The minimum absolute atomic E-state index is 0.0669. The Kier molecular flexibility index (Phi) is 2.49. The molecular weight excluding hydrogens is 128 g/mol. The quantitative estimate of drug-likeness (QED) is 0.558. The number of carbonyl (C=O) groups excluding carboxylic acids is 1. The van der Waals surface area contributed by atoms with E-state index in [2.05, 4.69) is 0 Å². The lowest BCUT2D eigenvalue weighted by Gasteiger charge is -2.04. The van der Waals surface area contributed by atoms with Gasteiger partial charge >= 0.3 is 0 Å². The van der Waals surface area contributed by atoms with Crippen molar-refractivity contribution in [2.45, 2.75) is 32.1 Å². The lowest BCUT2D eigenvalue weighted by Crippen LogP contribution is -1.98. The molecule has 1 rings (SSSR count). The minimum atomic E-state index is 0.0669. The molecule has 56 valence electrons. The van der Waals surface area contributed by atoms with Gasteiger partial charge in [-0.3, -0.25) is 4.79 Å². The van der Waals surface area contributed by atoms with Crippen molar-refractivity contribution in [1.29, 1.82) is 0 Å². The summed E-state index contributed by atoms with van der Waals surface area (Å²) in [4.78, 5) is 10.8. The summed E-state index contributed by atoms with van der Waals surface area (Å²) in [6, 6.07) is 0. The Balaban J connectivity index is 2.55. The molecule has 2 heteroatoms. The largest absolute Gasteiger partial charge is 0.512 e. The zero-order chi connectivity index (χ0) is 7.40. The fraction of sp³-hybridized carbons (Fsp3) is 0.625. The Morgan fingerprint density at radius 2 is 1.90 bits per heavy atom. The summed E-state index contributed by atoms with van der Waals surface area (Å²) in [7, 11) is 0. The van der Waals surface area contributed by atoms with Crippen molar-refractivity contribution in [3.63, 3.8) is 0 Å². The van der Waals surface area contributed by atoms with E-state index in [4.69, 9.17) is 5.11 Å². The highest BCUT2D eigenvalue weighted by Crippen LogP contribution is 2.12. The van der Waals surface area contributed by atoms with E-state index in [0.717, 1.165) is 19.3 Å². The topological polar surface area (TPSA) is 37.3 Å². The van der Waals surface area contributed by atoms with Gasteiger partial charge in [0.05, 0.1) is 5.76 Å². The van der Waals surface area contributed by atoms with E-state index in [1.165, 1.54) is 6.08 Å². The molecule has 0 bridgehead atoms. The molecule has 0 aromatic carbocycles. The highest BCUT2D eigenvalue weighted by molar-refractivity contribution is 5.89. The molecule has 0 aliphatic heterocycles. The van der Waals surface area contributed by atoms with Crippen molar-refractivity contribution >= 4 is 5.78 Å². The van der Waals surface area contributed by atoms with Gasteiger partial charge in [-0.15, -0.1) is 0 Å². The van der Waals surface area contributed by atoms with E-state index in [1.54, 1.807) is 0 Å². The second kappa shape index (κ2) is 3.40. The fourth-order valence-electron chi connectivity index (χ4n) is 1.11. The van der Waals surface area contributed by atoms with Gasteiger partial charge in [-0.05, 0) is 12.8 Å². The van der Waals surface area contributed by atoms with Crippen LogP contribution in [0, 0.1) is 0 Å². The Morgan fingerprint density at radius 3 is 2.70 bits per heavy atom. The molecule has 0 unspecified atom stereocenters. The smallest absolute Gasteiger partial charge is 0.159 e. The number of rotatable bonds is 0. The van der Waals surface area contributed by atoms with Gasteiger partial charge in [-0.2, -0.15) is 0 Å². The Morgan fingerprint density at radius 1 is 1.20 bits per heavy atom. The molecule has 0 saturated carbocycles. The maximum atomic E-state index is 10.8. The summed E-state index contributed by atoms with van der Waals surface area (Å²) in [6.45, 7) is 0. The van der Waals surface area contributed by atoms with E-state index >= 15 is 0 Å². The maximum absolute atomic E-state index is 10.8. The van der Waals surface area contributed by atoms with Gasteiger partial charge in [0, 0.05) is 18.9 Å². The van der Waals surface area contributed by atoms with Gasteiger partial charge in [-0.1, -0.05) is 6.42 Å². The first kappa shape index (κ1) is 7.32. The number of ketones is 1. The molecule has 2 nitrogen and oxygen atoms in total. The number of allylic oxidation sites excluding steroid dienone is 2. The van der Waals surface area contributed by atoms with Crippen molar-refractivity contribution in [3.05, 3.63) is 11.8 Å². The van der Waals surface area contributed by atoms with Crippen molar-refractivity contribution in [2.24, 2.45) is 0 Å². The van der Waals surface area contributed by atoms with Gasteiger partial charge in [0.2, 0.25) is 0 Å². The third-order valence-corrected chi connectivity index (χ3v) is 1.68. The minimum Gasteiger partial charge on any atom is -0.512 e. The molecule has 0 atom stereocenters. The van der Waals surface area contributed by atoms with Crippen molar-refractivity contribution in [2.75, 3.05) is 0 Å². The molecule has 1 aliphatic rings. The summed E-state index contributed by atoms with van der Waals surface area (Å²) < 4.78 is 0. The predicted octanol–water partition coefficient (Wildman–Crippen LogP) is 1.96. The van der Waals surface area contributed by atoms with Crippen LogP contribution in [0.5, 0.6) is 0 Å². The molecule has 0 heterocycles. The van der Waals surface area contributed by atoms with Crippen LogP contribution < -0.4 is 0 Å². The molecule has 0 radical (unpaired) electrons. The third kappa shape index (κ3) is 2.21. The number of carbonyl (C=O) groups is 1. The van der Waals surface area contributed by atoms with Crippen molar-refractivity contribution in [1.82, 2.24) is 0 Å². The van der Waals surface area contributed by atoms with Crippen LogP contribution in [-0.2, 0) is 4.79 Å². The van der Waals surface area contributed by atoms with E-state index in [-0.39, 0.29) is 11.5 Å². The standard InChI is InChI=1S/C8H12O2/c9-7-4-2-1-3-5-8(10)6-7/h6,9H,1-5H2/b7-6-. The second-order valence-corrected chi connectivity index (χ2v) is 2.66.